The third kappa shape index (κ3) is 5.50. The van der Waals surface area contributed by atoms with Crippen LogP contribution >= 0.6 is 11.6 Å². The van der Waals surface area contributed by atoms with Crippen LogP contribution in [0.25, 0.3) is 0 Å². The summed E-state index contributed by atoms with van der Waals surface area (Å²) < 4.78 is 45.8. The minimum atomic E-state index is -4.30. The van der Waals surface area contributed by atoms with Crippen LogP contribution in [-0.2, 0) is 9.53 Å². The van der Waals surface area contributed by atoms with Gasteiger partial charge in [0.15, 0.2) is 0 Å². The fourth-order valence-electron chi connectivity index (χ4n) is 4.04. The number of amides is 1. The number of carbonyl (C=O) groups is 1. The van der Waals surface area contributed by atoms with Crippen LogP contribution in [0, 0.1) is 11.8 Å². The van der Waals surface area contributed by atoms with Gasteiger partial charge in [0.1, 0.15) is 0 Å². The fourth-order valence-corrected chi connectivity index (χ4v) is 4.29. The van der Waals surface area contributed by atoms with Gasteiger partial charge in [-0.1, -0.05) is 0 Å². The van der Waals surface area contributed by atoms with Gasteiger partial charge in [0.25, 0.3) is 0 Å². The highest BCUT2D eigenvalue weighted by molar-refractivity contribution is 6.20. The van der Waals surface area contributed by atoms with Crippen molar-refractivity contribution in [3.63, 3.8) is 0 Å². The Morgan fingerprint density at radius 2 is 1.89 bits per heavy atom. The molecular formula is C19H24ClF3N2O3. The summed E-state index contributed by atoms with van der Waals surface area (Å²) >= 11 is 6.09. The molecule has 1 heterocycles. The molecule has 3 atom stereocenters. The molecule has 2 aliphatic carbocycles. The second-order valence-corrected chi connectivity index (χ2v) is 8.25. The molecule has 3 unspecified atom stereocenters. The predicted molar refractivity (Wildman–Crippen MR) is 99.3 cm³/mol. The van der Waals surface area contributed by atoms with Crippen molar-refractivity contribution in [3.05, 3.63) is 28.7 Å². The van der Waals surface area contributed by atoms with Crippen molar-refractivity contribution in [1.29, 1.82) is 0 Å². The van der Waals surface area contributed by atoms with Crippen molar-refractivity contribution in [2.45, 2.75) is 68.7 Å². The summed E-state index contributed by atoms with van der Waals surface area (Å²) in [4.78, 5) is 26.6. The number of carbonyl (C=O) groups excluding carboxylic acids is 1. The minimum Gasteiger partial charge on any atom is -0.374 e. The molecule has 5 nitrogen and oxygen atoms in total. The minimum absolute atomic E-state index is 0.0735. The Kier molecular flexibility index (Phi) is 6.70. The Morgan fingerprint density at radius 1 is 1.18 bits per heavy atom. The number of halogens is 4. The van der Waals surface area contributed by atoms with Crippen molar-refractivity contribution >= 4 is 23.2 Å². The summed E-state index contributed by atoms with van der Waals surface area (Å²) in [5.41, 5.74) is -0.0580. The number of alkyl halides is 4. The Morgan fingerprint density at radius 3 is 2.54 bits per heavy atom. The molecule has 2 saturated carbocycles. The lowest BCUT2D eigenvalue weighted by molar-refractivity contribution is -0.202. The number of nitrogens with one attached hydrogen (secondary N) is 2. The molecule has 3 rings (SSSR count). The molecule has 0 radical (unpaired) electrons. The van der Waals surface area contributed by atoms with E-state index in [1.165, 1.54) is 18.3 Å². The molecule has 9 heteroatoms. The molecule has 0 aromatic carbocycles. The number of anilines is 1. The molecule has 1 amide bonds. The Balaban J connectivity index is 1.71. The van der Waals surface area contributed by atoms with Crippen LogP contribution in [0.5, 0.6) is 0 Å². The summed E-state index contributed by atoms with van der Waals surface area (Å²) in [6.45, 7) is 0. The van der Waals surface area contributed by atoms with Gasteiger partial charge < -0.3 is 15.0 Å². The molecule has 0 saturated heterocycles. The summed E-state index contributed by atoms with van der Waals surface area (Å²) in [6, 6.07) is 2.76. The number of pyridine rings is 1. The lowest BCUT2D eigenvalue weighted by Gasteiger charge is -2.39. The summed E-state index contributed by atoms with van der Waals surface area (Å²) in [5, 5.41) is 2.71. The van der Waals surface area contributed by atoms with E-state index in [2.05, 4.69) is 10.3 Å². The third-order valence-corrected chi connectivity index (χ3v) is 6.04. The number of hydrogen-bond acceptors (Lipinski definition) is 3. The molecule has 28 heavy (non-hydrogen) atoms. The fraction of sp³-hybridized carbons (Fsp3) is 0.684. The van der Waals surface area contributed by atoms with E-state index in [1.807, 2.05) is 0 Å². The first kappa shape index (κ1) is 21.2. The van der Waals surface area contributed by atoms with Gasteiger partial charge >= 0.3 is 6.18 Å². The first-order valence-electron chi connectivity index (χ1n) is 9.58. The quantitative estimate of drug-likeness (QED) is 0.716. The van der Waals surface area contributed by atoms with Crippen molar-refractivity contribution in [2.75, 3.05) is 5.32 Å². The number of H-pyrrole nitrogens is 1. The summed E-state index contributed by atoms with van der Waals surface area (Å²) in [5.74, 6) is -2.57. The number of hydrogen-bond donors (Lipinski definition) is 2. The maximum Gasteiger partial charge on any atom is 0.391 e. The molecular weight excluding hydrogens is 397 g/mol. The number of aromatic amines is 1. The van der Waals surface area contributed by atoms with Crippen LogP contribution in [0.3, 0.4) is 0 Å². The molecule has 1 aromatic rings. The number of aromatic nitrogens is 1. The van der Waals surface area contributed by atoms with Gasteiger partial charge in [-0.3, -0.25) is 9.59 Å². The molecule has 0 aliphatic heterocycles. The first-order chi connectivity index (χ1) is 13.2. The lowest BCUT2D eigenvalue weighted by Crippen LogP contribution is -2.44. The predicted octanol–water partition coefficient (Wildman–Crippen LogP) is 4.23. The largest absolute Gasteiger partial charge is 0.391 e. The van der Waals surface area contributed by atoms with Gasteiger partial charge in [-0.2, -0.15) is 13.2 Å². The number of rotatable bonds is 4. The number of ether oxygens (including phenoxy) is 1. The van der Waals surface area contributed by atoms with E-state index in [4.69, 9.17) is 16.3 Å². The average Bonchev–Trinajstić information content (AvgIpc) is 2.63. The zero-order valence-corrected chi connectivity index (χ0v) is 16.1. The van der Waals surface area contributed by atoms with E-state index in [-0.39, 0.29) is 36.3 Å². The maximum atomic E-state index is 13.3. The molecule has 156 valence electrons. The molecule has 2 N–H and O–H groups in total. The van der Waals surface area contributed by atoms with Crippen LogP contribution in [0.2, 0.25) is 0 Å². The molecule has 1 aromatic heterocycles. The summed E-state index contributed by atoms with van der Waals surface area (Å²) in [6.07, 6.45) is -1.25. The average molecular weight is 421 g/mol. The molecule has 2 aliphatic rings. The van der Waals surface area contributed by atoms with E-state index in [9.17, 15) is 22.8 Å². The van der Waals surface area contributed by atoms with Crippen molar-refractivity contribution in [1.82, 2.24) is 4.98 Å². The van der Waals surface area contributed by atoms with Gasteiger partial charge in [0.2, 0.25) is 11.5 Å². The topological polar surface area (TPSA) is 71.2 Å². The Bertz CT molecular complexity index is 732. The summed E-state index contributed by atoms with van der Waals surface area (Å²) in [7, 11) is 0. The zero-order valence-electron chi connectivity index (χ0n) is 15.3. The van der Waals surface area contributed by atoms with Crippen LogP contribution in [-0.4, -0.2) is 34.7 Å². The standard InChI is InChI=1S/C19H24ClF3N2O3/c20-12-2-4-14(5-3-12)28-16-9-11(19(21,22)23)1-6-15(16)18(27)25-13-7-8-24-17(26)10-13/h7-8,10-12,14-16H,1-6,9H2,(H2,24,25,26,27). The SMILES string of the molecule is O=C(Nc1cc[nH]c(=O)c1)C1CCC(C(F)(F)F)CC1OC1CCC(Cl)CC1. The second-order valence-electron chi connectivity index (χ2n) is 7.64. The molecule has 2 fully saturated rings. The maximum absolute atomic E-state index is 13.3. The highest BCUT2D eigenvalue weighted by Gasteiger charge is 2.47. The van der Waals surface area contributed by atoms with E-state index in [1.54, 1.807) is 0 Å². The van der Waals surface area contributed by atoms with Crippen LogP contribution in [0.15, 0.2) is 23.1 Å². The van der Waals surface area contributed by atoms with Gasteiger partial charge in [0, 0.05) is 23.3 Å². The lowest BCUT2D eigenvalue weighted by atomic mass is 9.78. The van der Waals surface area contributed by atoms with Gasteiger partial charge in [0.05, 0.1) is 24.0 Å². The molecule has 0 spiro atoms. The van der Waals surface area contributed by atoms with E-state index < -0.39 is 30.0 Å². The van der Waals surface area contributed by atoms with Crippen LogP contribution in [0.4, 0.5) is 18.9 Å². The highest BCUT2D eigenvalue weighted by atomic mass is 35.5. The zero-order chi connectivity index (χ0) is 20.3. The van der Waals surface area contributed by atoms with Gasteiger partial charge in [-0.25, -0.2) is 0 Å². The normalized spacial score (nSPS) is 31.4. The van der Waals surface area contributed by atoms with Crippen molar-refractivity contribution in [3.8, 4) is 0 Å². The third-order valence-electron chi connectivity index (χ3n) is 5.61. The smallest absolute Gasteiger partial charge is 0.374 e. The highest BCUT2D eigenvalue weighted by Crippen LogP contribution is 2.42. The van der Waals surface area contributed by atoms with Gasteiger partial charge in [-0.05, 0) is 51.0 Å². The van der Waals surface area contributed by atoms with E-state index >= 15 is 0 Å². The Labute approximate surface area is 166 Å². The van der Waals surface area contributed by atoms with Gasteiger partial charge in [-0.15, -0.1) is 11.6 Å². The Hall–Kier alpha value is -1.54. The first-order valence-corrected chi connectivity index (χ1v) is 10.0. The van der Waals surface area contributed by atoms with E-state index in [0.717, 1.165) is 12.8 Å². The van der Waals surface area contributed by atoms with Crippen molar-refractivity contribution < 1.29 is 22.7 Å². The van der Waals surface area contributed by atoms with Crippen molar-refractivity contribution in [2.24, 2.45) is 11.8 Å². The van der Waals surface area contributed by atoms with E-state index in [0.29, 0.717) is 18.5 Å². The van der Waals surface area contributed by atoms with Crippen LogP contribution < -0.4 is 10.9 Å². The monoisotopic (exact) mass is 420 g/mol. The molecule has 0 bridgehead atoms. The second kappa shape index (κ2) is 8.86. The van der Waals surface area contributed by atoms with Crippen LogP contribution in [0.1, 0.15) is 44.9 Å².